The number of rotatable bonds is 5. The average Bonchev–Trinajstić information content (AvgIpc) is 2.66. The molecule has 0 bridgehead atoms. The van der Waals surface area contributed by atoms with Crippen LogP contribution in [0.4, 0.5) is 15.9 Å². The van der Waals surface area contributed by atoms with Crippen molar-refractivity contribution >= 4 is 11.5 Å². The van der Waals surface area contributed by atoms with Crippen molar-refractivity contribution in [3.8, 4) is 17.5 Å². The zero-order valence-electron chi connectivity index (χ0n) is 14.3. The second-order valence-corrected chi connectivity index (χ2v) is 5.79. The molecule has 0 aliphatic carbocycles. The number of aryl methyl sites for hydroxylation is 1. The predicted molar refractivity (Wildman–Crippen MR) is 97.3 cm³/mol. The number of hydrogen-bond acceptors (Lipinski definition) is 6. The van der Waals surface area contributed by atoms with Crippen molar-refractivity contribution in [3.63, 3.8) is 0 Å². The summed E-state index contributed by atoms with van der Waals surface area (Å²) in [6, 6.07) is 13.8. The van der Waals surface area contributed by atoms with E-state index in [0.717, 1.165) is 0 Å². The standard InChI is InChI=1S/C19H14FN5O2/c1-12-8-18(22-11-15-3-2-13(10-21)9-17(15)20)24-19(23-12)14-4-6-16(7-5-14)25(26)27/h2-9H,11H2,1H3,(H,22,23,24). The van der Waals surface area contributed by atoms with Crippen molar-refractivity contribution in [2.45, 2.75) is 13.5 Å². The zero-order chi connectivity index (χ0) is 19.4. The SMILES string of the molecule is Cc1cc(NCc2ccc(C#N)cc2F)nc(-c2ccc([N+](=O)[O-])cc2)n1. The molecule has 0 atom stereocenters. The molecule has 134 valence electrons. The summed E-state index contributed by atoms with van der Waals surface area (Å²) >= 11 is 0. The summed E-state index contributed by atoms with van der Waals surface area (Å²) in [6.07, 6.45) is 0. The number of nitrogens with zero attached hydrogens (tertiary/aromatic N) is 4. The van der Waals surface area contributed by atoms with Crippen molar-refractivity contribution in [3.05, 3.63) is 81.3 Å². The number of non-ortho nitro benzene ring substituents is 1. The number of halogens is 1. The van der Waals surface area contributed by atoms with Gasteiger partial charge in [0.2, 0.25) is 0 Å². The smallest absolute Gasteiger partial charge is 0.269 e. The Kier molecular flexibility index (Phi) is 5.04. The monoisotopic (exact) mass is 363 g/mol. The molecule has 8 heteroatoms. The molecule has 1 heterocycles. The number of nitro groups is 1. The largest absolute Gasteiger partial charge is 0.366 e. The van der Waals surface area contributed by atoms with Crippen LogP contribution in [0.15, 0.2) is 48.5 Å². The number of anilines is 1. The number of nitriles is 1. The topological polar surface area (TPSA) is 105 Å². The van der Waals surface area contributed by atoms with Gasteiger partial charge in [-0.1, -0.05) is 6.07 Å². The molecule has 0 fully saturated rings. The molecule has 1 N–H and O–H groups in total. The molecule has 0 aliphatic rings. The molecule has 7 nitrogen and oxygen atoms in total. The molecular formula is C19H14FN5O2. The molecule has 27 heavy (non-hydrogen) atoms. The van der Waals surface area contributed by atoms with Crippen LogP contribution in [-0.4, -0.2) is 14.9 Å². The van der Waals surface area contributed by atoms with Gasteiger partial charge in [-0.2, -0.15) is 5.26 Å². The second kappa shape index (κ2) is 7.58. The lowest BCUT2D eigenvalue weighted by Crippen LogP contribution is -2.05. The van der Waals surface area contributed by atoms with E-state index in [-0.39, 0.29) is 17.8 Å². The molecule has 3 aromatic rings. The Balaban J connectivity index is 1.81. The van der Waals surface area contributed by atoms with Gasteiger partial charge in [-0.15, -0.1) is 0 Å². The predicted octanol–water partition coefficient (Wildman–Crippen LogP) is 3.98. The van der Waals surface area contributed by atoms with E-state index in [0.29, 0.717) is 28.5 Å². The average molecular weight is 363 g/mol. The molecule has 0 radical (unpaired) electrons. The van der Waals surface area contributed by atoms with Crippen LogP contribution in [0.2, 0.25) is 0 Å². The van der Waals surface area contributed by atoms with E-state index in [1.165, 1.54) is 18.2 Å². The Hall–Kier alpha value is -3.86. The minimum atomic E-state index is -0.472. The van der Waals surface area contributed by atoms with Crippen LogP contribution < -0.4 is 5.32 Å². The van der Waals surface area contributed by atoms with Gasteiger partial charge in [-0.3, -0.25) is 10.1 Å². The lowest BCUT2D eigenvalue weighted by atomic mass is 10.1. The first-order valence-electron chi connectivity index (χ1n) is 7.99. The highest BCUT2D eigenvalue weighted by atomic mass is 19.1. The van der Waals surface area contributed by atoms with E-state index in [1.807, 2.05) is 6.07 Å². The Labute approximate surface area is 154 Å². The van der Waals surface area contributed by atoms with Gasteiger partial charge in [0.1, 0.15) is 11.6 Å². The van der Waals surface area contributed by atoms with Gasteiger partial charge in [0.25, 0.3) is 5.69 Å². The zero-order valence-corrected chi connectivity index (χ0v) is 14.3. The lowest BCUT2D eigenvalue weighted by Gasteiger charge is -2.09. The van der Waals surface area contributed by atoms with Gasteiger partial charge in [0.15, 0.2) is 5.82 Å². The first-order valence-corrected chi connectivity index (χ1v) is 7.99. The van der Waals surface area contributed by atoms with Crippen LogP contribution in [0.25, 0.3) is 11.4 Å². The van der Waals surface area contributed by atoms with E-state index >= 15 is 0 Å². The van der Waals surface area contributed by atoms with E-state index in [4.69, 9.17) is 5.26 Å². The van der Waals surface area contributed by atoms with Gasteiger partial charge in [-0.25, -0.2) is 14.4 Å². The minimum absolute atomic E-state index is 0.0129. The molecule has 0 spiro atoms. The van der Waals surface area contributed by atoms with Crippen molar-refractivity contribution < 1.29 is 9.31 Å². The fourth-order valence-corrected chi connectivity index (χ4v) is 2.47. The minimum Gasteiger partial charge on any atom is -0.366 e. The summed E-state index contributed by atoms with van der Waals surface area (Å²) in [4.78, 5) is 19.0. The van der Waals surface area contributed by atoms with Gasteiger partial charge in [0.05, 0.1) is 16.6 Å². The highest BCUT2D eigenvalue weighted by molar-refractivity contribution is 5.59. The third-order valence-electron chi connectivity index (χ3n) is 3.83. The molecule has 1 aromatic heterocycles. The summed E-state index contributed by atoms with van der Waals surface area (Å²) in [6.45, 7) is 1.98. The summed E-state index contributed by atoms with van der Waals surface area (Å²) in [5.41, 5.74) is 1.98. The van der Waals surface area contributed by atoms with Crippen molar-refractivity contribution in [2.24, 2.45) is 0 Å². The summed E-state index contributed by atoms with van der Waals surface area (Å²) in [5, 5.41) is 22.6. The maximum atomic E-state index is 14.0. The normalized spacial score (nSPS) is 10.3. The number of aromatic nitrogens is 2. The van der Waals surface area contributed by atoms with Crippen LogP contribution >= 0.6 is 0 Å². The van der Waals surface area contributed by atoms with Gasteiger partial charge in [0, 0.05) is 41.6 Å². The second-order valence-electron chi connectivity index (χ2n) is 5.79. The lowest BCUT2D eigenvalue weighted by molar-refractivity contribution is -0.384. The van der Waals surface area contributed by atoms with Crippen LogP contribution in [-0.2, 0) is 6.54 Å². The maximum Gasteiger partial charge on any atom is 0.269 e. The molecule has 0 saturated carbocycles. The van der Waals surface area contributed by atoms with Crippen LogP contribution in [0.5, 0.6) is 0 Å². The first-order chi connectivity index (χ1) is 13.0. The number of hydrogen-bond donors (Lipinski definition) is 1. The van der Waals surface area contributed by atoms with E-state index < -0.39 is 10.7 Å². The first kappa shape index (κ1) is 17.9. The summed E-state index contributed by atoms with van der Waals surface area (Å²) in [5.74, 6) is 0.440. The fourth-order valence-electron chi connectivity index (χ4n) is 2.47. The van der Waals surface area contributed by atoms with Crippen molar-refractivity contribution in [1.82, 2.24) is 9.97 Å². The molecular weight excluding hydrogens is 349 g/mol. The Morgan fingerprint density at radius 2 is 1.93 bits per heavy atom. The molecule has 0 unspecified atom stereocenters. The third-order valence-corrected chi connectivity index (χ3v) is 3.83. The Morgan fingerprint density at radius 3 is 2.56 bits per heavy atom. The maximum absolute atomic E-state index is 14.0. The van der Waals surface area contributed by atoms with Crippen LogP contribution in [0.1, 0.15) is 16.8 Å². The van der Waals surface area contributed by atoms with Crippen molar-refractivity contribution in [1.29, 1.82) is 5.26 Å². The van der Waals surface area contributed by atoms with E-state index in [2.05, 4.69) is 15.3 Å². The van der Waals surface area contributed by atoms with E-state index in [9.17, 15) is 14.5 Å². The van der Waals surface area contributed by atoms with Gasteiger partial charge in [-0.05, 0) is 31.2 Å². The highest BCUT2D eigenvalue weighted by Crippen LogP contribution is 2.21. The molecule has 0 aliphatic heterocycles. The Morgan fingerprint density at radius 1 is 1.19 bits per heavy atom. The number of nitrogens with one attached hydrogen (secondary N) is 1. The Bertz CT molecular complexity index is 1040. The van der Waals surface area contributed by atoms with E-state index in [1.54, 1.807) is 37.3 Å². The van der Waals surface area contributed by atoms with Crippen molar-refractivity contribution in [2.75, 3.05) is 5.32 Å². The molecule has 3 rings (SSSR count). The summed E-state index contributed by atoms with van der Waals surface area (Å²) in [7, 11) is 0. The quantitative estimate of drug-likeness (QED) is 0.543. The molecule has 0 amide bonds. The number of benzene rings is 2. The van der Waals surface area contributed by atoms with Crippen LogP contribution in [0, 0.1) is 34.2 Å². The molecule has 2 aromatic carbocycles. The fraction of sp³-hybridized carbons (Fsp3) is 0.105. The highest BCUT2D eigenvalue weighted by Gasteiger charge is 2.10. The van der Waals surface area contributed by atoms with Gasteiger partial charge < -0.3 is 5.32 Å². The third kappa shape index (κ3) is 4.22. The van der Waals surface area contributed by atoms with Crippen LogP contribution in [0.3, 0.4) is 0 Å². The number of nitro benzene ring substituents is 1. The molecule has 0 saturated heterocycles. The van der Waals surface area contributed by atoms with Gasteiger partial charge >= 0.3 is 0 Å². The summed E-state index contributed by atoms with van der Waals surface area (Å²) < 4.78 is 14.0.